The highest BCUT2D eigenvalue weighted by Gasteiger charge is 2.09. The van der Waals surface area contributed by atoms with Crippen molar-refractivity contribution in [2.45, 2.75) is 32.2 Å². The van der Waals surface area contributed by atoms with Gasteiger partial charge in [-0.05, 0) is 51.4 Å². The van der Waals surface area contributed by atoms with E-state index >= 15 is 0 Å². The average molecular weight is 266 g/mol. The molecule has 0 aromatic heterocycles. The van der Waals surface area contributed by atoms with Gasteiger partial charge in [0.1, 0.15) is 11.5 Å². The molecule has 0 aliphatic heterocycles. The molecule has 0 saturated carbocycles. The van der Waals surface area contributed by atoms with Crippen LogP contribution in [0.5, 0.6) is 11.5 Å². The van der Waals surface area contributed by atoms with Gasteiger partial charge in [-0.3, -0.25) is 0 Å². The summed E-state index contributed by atoms with van der Waals surface area (Å²) in [4.78, 5) is 0. The summed E-state index contributed by atoms with van der Waals surface area (Å²) in [6, 6.07) is 5.92. The van der Waals surface area contributed by atoms with Crippen molar-refractivity contribution in [1.29, 1.82) is 0 Å². The second-order valence-electron chi connectivity index (χ2n) is 5.42. The van der Waals surface area contributed by atoms with Crippen LogP contribution in [0.4, 0.5) is 0 Å². The maximum Gasteiger partial charge on any atom is 0.125 e. The summed E-state index contributed by atoms with van der Waals surface area (Å²) in [6.45, 7) is 5.93. The smallest absolute Gasteiger partial charge is 0.125 e. The largest absolute Gasteiger partial charge is 0.497 e. The van der Waals surface area contributed by atoms with Crippen LogP contribution in [0.2, 0.25) is 0 Å². The van der Waals surface area contributed by atoms with Crippen LogP contribution in [0.15, 0.2) is 18.2 Å². The summed E-state index contributed by atoms with van der Waals surface area (Å²) in [5.41, 5.74) is 7.01. The van der Waals surface area contributed by atoms with Crippen molar-refractivity contribution in [2.75, 3.05) is 27.3 Å². The van der Waals surface area contributed by atoms with Gasteiger partial charge < -0.3 is 20.5 Å². The fourth-order valence-corrected chi connectivity index (χ4v) is 1.82. The van der Waals surface area contributed by atoms with E-state index in [0.717, 1.165) is 37.4 Å². The standard InChI is InChI=1S/C15H26N2O2/c1-15(2,16)8-10-17-9-7-12-5-6-13(18-3)11-14(12)19-4/h5-6,11,17H,7-10,16H2,1-4H3. The van der Waals surface area contributed by atoms with Crippen molar-refractivity contribution >= 4 is 0 Å². The minimum Gasteiger partial charge on any atom is -0.497 e. The van der Waals surface area contributed by atoms with Gasteiger partial charge in [0.05, 0.1) is 14.2 Å². The molecule has 4 heteroatoms. The predicted molar refractivity (Wildman–Crippen MR) is 79.0 cm³/mol. The molecule has 0 amide bonds. The molecule has 0 bridgehead atoms. The van der Waals surface area contributed by atoms with Gasteiger partial charge in [-0.25, -0.2) is 0 Å². The van der Waals surface area contributed by atoms with Crippen LogP contribution in [-0.2, 0) is 6.42 Å². The highest BCUT2D eigenvalue weighted by Crippen LogP contribution is 2.24. The molecule has 0 atom stereocenters. The first kappa shape index (κ1) is 15.8. The molecule has 0 fully saturated rings. The van der Waals surface area contributed by atoms with E-state index in [4.69, 9.17) is 15.2 Å². The molecule has 0 aliphatic carbocycles. The lowest BCUT2D eigenvalue weighted by Gasteiger charge is -2.18. The van der Waals surface area contributed by atoms with Crippen LogP contribution >= 0.6 is 0 Å². The Morgan fingerprint density at radius 2 is 1.89 bits per heavy atom. The molecule has 1 rings (SSSR count). The van der Waals surface area contributed by atoms with Gasteiger partial charge in [0.15, 0.2) is 0 Å². The van der Waals surface area contributed by atoms with Crippen molar-refractivity contribution < 1.29 is 9.47 Å². The molecular weight excluding hydrogens is 240 g/mol. The number of hydrogen-bond donors (Lipinski definition) is 2. The van der Waals surface area contributed by atoms with E-state index in [-0.39, 0.29) is 5.54 Å². The molecule has 3 N–H and O–H groups in total. The van der Waals surface area contributed by atoms with E-state index in [9.17, 15) is 0 Å². The average Bonchev–Trinajstić information content (AvgIpc) is 2.37. The summed E-state index contributed by atoms with van der Waals surface area (Å²) in [6.07, 6.45) is 1.89. The van der Waals surface area contributed by atoms with Crippen molar-refractivity contribution in [3.05, 3.63) is 23.8 Å². The summed E-state index contributed by atoms with van der Waals surface area (Å²) >= 11 is 0. The van der Waals surface area contributed by atoms with E-state index in [1.54, 1.807) is 14.2 Å². The first-order chi connectivity index (χ1) is 8.96. The SMILES string of the molecule is COc1ccc(CCNCCC(C)(C)N)c(OC)c1. The zero-order valence-electron chi connectivity index (χ0n) is 12.5. The van der Waals surface area contributed by atoms with E-state index in [0.29, 0.717) is 0 Å². The third-order valence-corrected chi connectivity index (χ3v) is 3.01. The van der Waals surface area contributed by atoms with Gasteiger partial charge in [0.25, 0.3) is 0 Å². The van der Waals surface area contributed by atoms with Gasteiger partial charge >= 0.3 is 0 Å². The maximum atomic E-state index is 5.93. The molecule has 4 nitrogen and oxygen atoms in total. The van der Waals surface area contributed by atoms with Gasteiger partial charge in [-0.1, -0.05) is 6.07 Å². The lowest BCUT2D eigenvalue weighted by Crippen LogP contribution is -2.36. The number of benzene rings is 1. The molecule has 0 radical (unpaired) electrons. The number of hydrogen-bond acceptors (Lipinski definition) is 4. The molecule has 108 valence electrons. The van der Waals surface area contributed by atoms with Gasteiger partial charge in [-0.2, -0.15) is 0 Å². The van der Waals surface area contributed by atoms with Crippen LogP contribution in [0.1, 0.15) is 25.8 Å². The number of ether oxygens (including phenoxy) is 2. The van der Waals surface area contributed by atoms with Crippen molar-refractivity contribution in [3.63, 3.8) is 0 Å². The Labute approximate surface area is 116 Å². The van der Waals surface area contributed by atoms with Crippen LogP contribution < -0.4 is 20.5 Å². The lowest BCUT2D eigenvalue weighted by atomic mass is 10.0. The molecule has 0 unspecified atom stereocenters. The van der Waals surface area contributed by atoms with E-state index in [2.05, 4.69) is 5.32 Å². The third kappa shape index (κ3) is 5.94. The second-order valence-corrected chi connectivity index (χ2v) is 5.42. The Morgan fingerprint density at radius 3 is 2.47 bits per heavy atom. The number of rotatable bonds is 8. The summed E-state index contributed by atoms with van der Waals surface area (Å²) in [5, 5.41) is 3.40. The van der Waals surface area contributed by atoms with Crippen molar-refractivity contribution in [1.82, 2.24) is 5.32 Å². The van der Waals surface area contributed by atoms with E-state index in [1.807, 2.05) is 32.0 Å². The minimum atomic E-state index is -0.106. The third-order valence-electron chi connectivity index (χ3n) is 3.01. The molecule has 0 spiro atoms. The lowest BCUT2D eigenvalue weighted by molar-refractivity contribution is 0.390. The van der Waals surface area contributed by atoms with Crippen LogP contribution in [-0.4, -0.2) is 32.8 Å². The quantitative estimate of drug-likeness (QED) is 0.706. The summed E-state index contributed by atoms with van der Waals surface area (Å²) in [5.74, 6) is 1.69. The van der Waals surface area contributed by atoms with Gasteiger partial charge in [0.2, 0.25) is 0 Å². The van der Waals surface area contributed by atoms with Gasteiger partial charge in [-0.15, -0.1) is 0 Å². The number of nitrogens with one attached hydrogen (secondary N) is 1. The number of methoxy groups -OCH3 is 2. The molecule has 0 saturated heterocycles. The maximum absolute atomic E-state index is 5.93. The Balaban J connectivity index is 2.41. The van der Waals surface area contributed by atoms with E-state index < -0.39 is 0 Å². The first-order valence-electron chi connectivity index (χ1n) is 6.67. The first-order valence-corrected chi connectivity index (χ1v) is 6.67. The molecule has 0 aliphatic rings. The second kappa shape index (κ2) is 7.36. The summed E-state index contributed by atoms with van der Waals surface area (Å²) < 4.78 is 10.6. The zero-order chi connectivity index (χ0) is 14.3. The summed E-state index contributed by atoms with van der Waals surface area (Å²) in [7, 11) is 3.34. The Bertz CT molecular complexity index is 386. The molecule has 1 aromatic rings. The molecular formula is C15H26N2O2. The molecule has 0 heterocycles. The van der Waals surface area contributed by atoms with Gasteiger partial charge in [0, 0.05) is 11.6 Å². The normalized spacial score (nSPS) is 11.4. The highest BCUT2D eigenvalue weighted by atomic mass is 16.5. The van der Waals surface area contributed by atoms with Crippen molar-refractivity contribution in [2.24, 2.45) is 5.73 Å². The van der Waals surface area contributed by atoms with Crippen LogP contribution in [0.3, 0.4) is 0 Å². The predicted octanol–water partition coefficient (Wildman–Crippen LogP) is 1.96. The van der Waals surface area contributed by atoms with E-state index in [1.165, 1.54) is 5.56 Å². The fourth-order valence-electron chi connectivity index (χ4n) is 1.82. The zero-order valence-corrected chi connectivity index (χ0v) is 12.5. The minimum absolute atomic E-state index is 0.106. The highest BCUT2D eigenvalue weighted by molar-refractivity contribution is 5.40. The Kier molecular flexibility index (Phi) is 6.12. The van der Waals surface area contributed by atoms with Crippen LogP contribution in [0, 0.1) is 0 Å². The fraction of sp³-hybridized carbons (Fsp3) is 0.600. The monoisotopic (exact) mass is 266 g/mol. The topological polar surface area (TPSA) is 56.5 Å². The molecule has 19 heavy (non-hydrogen) atoms. The molecule has 1 aromatic carbocycles. The van der Waals surface area contributed by atoms with Crippen LogP contribution in [0.25, 0.3) is 0 Å². The Morgan fingerprint density at radius 1 is 1.16 bits per heavy atom. The Hall–Kier alpha value is -1.26. The van der Waals surface area contributed by atoms with Crippen molar-refractivity contribution in [3.8, 4) is 11.5 Å². The number of nitrogens with two attached hydrogens (primary N) is 1.